The molecule has 1 amide bonds. The van der Waals surface area contributed by atoms with Crippen molar-refractivity contribution >= 4 is 51.7 Å². The number of aromatic nitrogens is 1. The molecule has 3 N–H and O–H groups in total. The van der Waals surface area contributed by atoms with Crippen LogP contribution in [0.5, 0.6) is 23.0 Å². The van der Waals surface area contributed by atoms with Crippen molar-refractivity contribution in [3.05, 3.63) is 87.3 Å². The average Bonchev–Trinajstić information content (AvgIpc) is 3.67. The van der Waals surface area contributed by atoms with Gasteiger partial charge in [0.2, 0.25) is 17.3 Å². The zero-order chi connectivity index (χ0) is 36.2. The van der Waals surface area contributed by atoms with Gasteiger partial charge in [0.25, 0.3) is 0 Å². The molecule has 1 aliphatic heterocycles. The predicted molar refractivity (Wildman–Crippen MR) is 195 cm³/mol. The maximum atomic E-state index is 14.4. The van der Waals surface area contributed by atoms with Gasteiger partial charge in [0, 0.05) is 57.8 Å². The predicted octanol–water partition coefficient (Wildman–Crippen LogP) is 7.67. The molecule has 51 heavy (non-hydrogen) atoms. The largest absolute Gasteiger partial charge is 0.507 e. The Morgan fingerprint density at radius 3 is 2.53 bits per heavy atom. The number of aromatic amines is 1. The van der Waals surface area contributed by atoms with E-state index in [-0.39, 0.29) is 64.0 Å². The van der Waals surface area contributed by atoms with E-state index in [1.807, 2.05) is 48.7 Å². The van der Waals surface area contributed by atoms with Crippen LogP contribution in [-0.4, -0.2) is 60.8 Å². The highest BCUT2D eigenvalue weighted by atomic mass is 35.5. The van der Waals surface area contributed by atoms with Crippen molar-refractivity contribution in [1.82, 2.24) is 10.3 Å². The number of carbonyl (C=O) groups excluding carboxylic acids is 3. The number of hydrogen-bond donors (Lipinski definition) is 3. The molecule has 1 spiro atoms. The summed E-state index contributed by atoms with van der Waals surface area (Å²) in [5.74, 6) is -2.29. The van der Waals surface area contributed by atoms with E-state index in [2.05, 4.69) is 10.3 Å². The van der Waals surface area contributed by atoms with Crippen molar-refractivity contribution in [3.8, 4) is 23.0 Å². The smallest absolute Gasteiger partial charge is 0.231 e. The molecule has 4 aromatic rings. The standard InChI is InChI=1S/C39H39ClN2O8S/c1-19-15-28(43)32(37(45)39(19)38(46)33-29(48-3)18-30(49-4)34(40)36(33)50-39)24(20-9-12-22(51-5)13-10-20)17-31(44)41-27-8-6-7-23-25-16-21(47-2)11-14-26(25)42-35(23)27/h9-14,16,18-19,24,27,42,45H,6-8,15,17H2,1-5H3,(H,41,44)/t19-,24?,27?,39+/m1/s1. The van der Waals surface area contributed by atoms with Crippen LogP contribution in [0.15, 0.2) is 64.8 Å². The fourth-order valence-corrected chi connectivity index (χ4v) is 8.59. The van der Waals surface area contributed by atoms with Crippen molar-refractivity contribution in [2.75, 3.05) is 27.6 Å². The second-order valence-corrected chi connectivity index (χ2v) is 14.5. The first kappa shape index (κ1) is 34.8. The number of carbonyl (C=O) groups is 3. The molecular formula is C39H39ClN2O8S. The molecule has 4 atom stereocenters. The van der Waals surface area contributed by atoms with Gasteiger partial charge < -0.3 is 34.4 Å². The number of halogens is 1. The lowest BCUT2D eigenvalue weighted by Crippen LogP contribution is -2.53. The van der Waals surface area contributed by atoms with Crippen LogP contribution in [0, 0.1) is 5.92 Å². The topological polar surface area (TPSA) is 136 Å². The molecule has 7 rings (SSSR count). The maximum absolute atomic E-state index is 14.4. The molecule has 12 heteroatoms. The number of H-pyrrole nitrogens is 1. The molecule has 0 saturated heterocycles. The molecule has 2 heterocycles. The Bertz CT molecular complexity index is 2110. The van der Waals surface area contributed by atoms with E-state index < -0.39 is 29.0 Å². The number of aliphatic hydroxyl groups is 1. The molecule has 266 valence electrons. The quantitative estimate of drug-likeness (QED) is 0.148. The lowest BCUT2D eigenvalue weighted by molar-refractivity contribution is -0.122. The van der Waals surface area contributed by atoms with Gasteiger partial charge in [0.05, 0.1) is 27.4 Å². The minimum Gasteiger partial charge on any atom is -0.507 e. The van der Waals surface area contributed by atoms with Crippen molar-refractivity contribution in [3.63, 3.8) is 0 Å². The number of methoxy groups -OCH3 is 3. The SMILES string of the molecule is COc1ccc2[nH]c3c(c2c1)CCCC3NC(=O)CC(C1=C(O)[C@@]2(Oc3c(Cl)c(OC)cc(OC)c3C2=O)[C@H](C)CC1=O)c1ccc(SC)cc1. The van der Waals surface area contributed by atoms with Crippen molar-refractivity contribution < 1.29 is 38.4 Å². The van der Waals surface area contributed by atoms with Gasteiger partial charge in [-0.25, -0.2) is 0 Å². The van der Waals surface area contributed by atoms with Crippen LogP contribution in [0.1, 0.15) is 71.7 Å². The molecule has 1 aromatic heterocycles. The highest BCUT2D eigenvalue weighted by molar-refractivity contribution is 7.98. The Balaban J connectivity index is 1.28. The molecule has 0 fully saturated rings. The van der Waals surface area contributed by atoms with E-state index >= 15 is 0 Å². The van der Waals surface area contributed by atoms with Gasteiger partial charge in [-0.1, -0.05) is 30.7 Å². The third kappa shape index (κ3) is 5.61. The molecular weight excluding hydrogens is 692 g/mol. The fraction of sp³-hybridized carbons (Fsp3) is 0.359. The number of hydrogen-bond acceptors (Lipinski definition) is 9. The number of ketones is 2. The zero-order valence-corrected chi connectivity index (χ0v) is 30.5. The third-order valence-electron chi connectivity index (χ3n) is 10.5. The molecule has 10 nitrogen and oxygen atoms in total. The first-order chi connectivity index (χ1) is 24.6. The molecule has 0 saturated carbocycles. The van der Waals surface area contributed by atoms with Crippen LogP contribution in [0.2, 0.25) is 5.02 Å². The summed E-state index contributed by atoms with van der Waals surface area (Å²) in [7, 11) is 4.47. The third-order valence-corrected chi connectivity index (χ3v) is 11.6. The van der Waals surface area contributed by atoms with Gasteiger partial charge in [0.1, 0.15) is 27.8 Å². The number of allylic oxidation sites excluding steroid dienone is 1. The lowest BCUT2D eigenvalue weighted by Gasteiger charge is -2.38. The number of fused-ring (bicyclic) bond motifs is 4. The Kier molecular flexibility index (Phi) is 9.22. The summed E-state index contributed by atoms with van der Waals surface area (Å²) >= 11 is 8.21. The maximum Gasteiger partial charge on any atom is 0.231 e. The van der Waals surface area contributed by atoms with E-state index in [4.69, 9.17) is 30.5 Å². The lowest BCUT2D eigenvalue weighted by atomic mass is 9.69. The Morgan fingerprint density at radius 2 is 1.84 bits per heavy atom. The average molecular weight is 731 g/mol. The van der Waals surface area contributed by atoms with Gasteiger partial charge in [0.15, 0.2) is 17.3 Å². The summed E-state index contributed by atoms with van der Waals surface area (Å²) in [4.78, 5) is 47.1. The summed E-state index contributed by atoms with van der Waals surface area (Å²) in [5, 5.41) is 16.6. The highest BCUT2D eigenvalue weighted by Gasteiger charge is 2.61. The number of amides is 1. The minimum absolute atomic E-state index is 0.00707. The van der Waals surface area contributed by atoms with Crippen LogP contribution in [0.4, 0.5) is 0 Å². The van der Waals surface area contributed by atoms with Gasteiger partial charge in [-0.3, -0.25) is 14.4 Å². The van der Waals surface area contributed by atoms with Crippen LogP contribution >= 0.6 is 23.4 Å². The zero-order valence-electron chi connectivity index (χ0n) is 29.0. The normalized spacial score (nSPS) is 21.7. The monoisotopic (exact) mass is 730 g/mol. The Hall–Kier alpha value is -4.61. The molecule has 0 bridgehead atoms. The van der Waals surface area contributed by atoms with E-state index in [1.165, 1.54) is 20.3 Å². The summed E-state index contributed by atoms with van der Waals surface area (Å²) in [6, 6.07) is 14.6. The van der Waals surface area contributed by atoms with Crippen LogP contribution in [-0.2, 0) is 16.0 Å². The van der Waals surface area contributed by atoms with Crippen molar-refractivity contribution in [2.24, 2.45) is 5.92 Å². The number of rotatable bonds is 9. The number of nitrogens with one attached hydrogen (secondary N) is 2. The number of benzene rings is 3. The molecule has 2 unspecified atom stereocenters. The number of ether oxygens (including phenoxy) is 4. The first-order valence-electron chi connectivity index (χ1n) is 16.8. The summed E-state index contributed by atoms with van der Waals surface area (Å²) < 4.78 is 22.8. The Labute approximate surface area is 304 Å². The second-order valence-electron chi connectivity index (χ2n) is 13.2. The van der Waals surface area contributed by atoms with Gasteiger partial charge >= 0.3 is 0 Å². The van der Waals surface area contributed by atoms with E-state index in [0.29, 0.717) is 5.56 Å². The van der Waals surface area contributed by atoms with E-state index in [1.54, 1.807) is 25.8 Å². The van der Waals surface area contributed by atoms with Gasteiger partial charge in [-0.15, -0.1) is 11.8 Å². The van der Waals surface area contributed by atoms with Crippen LogP contribution < -0.4 is 24.3 Å². The number of Topliss-reactive ketones (excluding diaryl/α,β-unsaturated/α-hetero) is 2. The van der Waals surface area contributed by atoms with Crippen LogP contribution in [0.3, 0.4) is 0 Å². The number of aliphatic hydroxyl groups excluding tert-OH is 1. The van der Waals surface area contributed by atoms with Crippen molar-refractivity contribution in [2.45, 2.75) is 61.5 Å². The molecule has 3 aromatic carbocycles. The van der Waals surface area contributed by atoms with Crippen LogP contribution in [0.25, 0.3) is 10.9 Å². The number of thioether (sulfide) groups is 1. The number of aryl methyl sites for hydroxylation is 1. The minimum atomic E-state index is -1.97. The fourth-order valence-electron chi connectivity index (χ4n) is 7.91. The molecule has 2 aliphatic carbocycles. The van der Waals surface area contributed by atoms with Gasteiger partial charge in [-0.2, -0.15) is 0 Å². The highest BCUT2D eigenvalue weighted by Crippen LogP contribution is 2.56. The Morgan fingerprint density at radius 1 is 1.10 bits per heavy atom. The summed E-state index contributed by atoms with van der Waals surface area (Å²) in [6.07, 6.45) is 4.16. The van der Waals surface area contributed by atoms with Gasteiger partial charge in [-0.05, 0) is 67.0 Å². The van der Waals surface area contributed by atoms with Crippen molar-refractivity contribution in [1.29, 1.82) is 0 Å². The first-order valence-corrected chi connectivity index (χ1v) is 18.4. The second kappa shape index (κ2) is 13.5. The molecule has 3 aliphatic rings. The molecule has 0 radical (unpaired) electrons. The summed E-state index contributed by atoms with van der Waals surface area (Å²) in [5.41, 5.74) is 1.75. The summed E-state index contributed by atoms with van der Waals surface area (Å²) in [6.45, 7) is 1.68. The van der Waals surface area contributed by atoms with E-state index in [9.17, 15) is 19.5 Å². The van der Waals surface area contributed by atoms with E-state index in [0.717, 1.165) is 52.1 Å².